The molecule has 0 amide bonds. The highest BCUT2D eigenvalue weighted by molar-refractivity contribution is 7.83. The SMILES string of the molecule is O=[S@@](Cc1ccccc1Cl)Cc1cc(F)cc2c1OCOC2. The van der Waals surface area contributed by atoms with Crippen molar-refractivity contribution < 1.29 is 18.1 Å². The number of fused-ring (bicyclic) bond motifs is 1. The van der Waals surface area contributed by atoms with Crippen LogP contribution in [-0.2, 0) is 33.6 Å². The minimum atomic E-state index is -1.21. The van der Waals surface area contributed by atoms with Crippen LogP contribution in [0, 0.1) is 5.82 Å². The first-order chi connectivity index (χ1) is 10.6. The molecule has 0 N–H and O–H groups in total. The smallest absolute Gasteiger partial charge is 0.189 e. The van der Waals surface area contributed by atoms with Crippen molar-refractivity contribution in [3.05, 3.63) is 63.9 Å². The van der Waals surface area contributed by atoms with Gasteiger partial charge >= 0.3 is 0 Å². The van der Waals surface area contributed by atoms with Crippen LogP contribution in [0.15, 0.2) is 36.4 Å². The van der Waals surface area contributed by atoms with Crippen LogP contribution in [0.5, 0.6) is 5.75 Å². The van der Waals surface area contributed by atoms with E-state index in [2.05, 4.69) is 0 Å². The van der Waals surface area contributed by atoms with Gasteiger partial charge in [0, 0.05) is 26.9 Å². The zero-order valence-electron chi connectivity index (χ0n) is 11.7. The van der Waals surface area contributed by atoms with Crippen LogP contribution in [0.3, 0.4) is 0 Å². The lowest BCUT2D eigenvalue weighted by atomic mass is 10.1. The monoisotopic (exact) mass is 340 g/mol. The minimum Gasteiger partial charge on any atom is -0.467 e. The molecule has 2 aromatic rings. The van der Waals surface area contributed by atoms with Gasteiger partial charge < -0.3 is 9.47 Å². The highest BCUT2D eigenvalue weighted by atomic mass is 35.5. The van der Waals surface area contributed by atoms with E-state index in [0.717, 1.165) is 5.56 Å². The normalized spacial score (nSPS) is 15.0. The van der Waals surface area contributed by atoms with Gasteiger partial charge in [0.05, 0.1) is 18.1 Å². The number of halogens is 2. The molecule has 0 unspecified atom stereocenters. The summed E-state index contributed by atoms with van der Waals surface area (Å²) in [6, 6.07) is 10.0. The summed E-state index contributed by atoms with van der Waals surface area (Å²) < 4.78 is 36.6. The summed E-state index contributed by atoms with van der Waals surface area (Å²) in [5.41, 5.74) is 2.07. The van der Waals surface area contributed by atoms with Crippen LogP contribution in [0.1, 0.15) is 16.7 Å². The highest BCUT2D eigenvalue weighted by Crippen LogP contribution is 2.31. The summed E-state index contributed by atoms with van der Waals surface area (Å²) in [6.07, 6.45) is 0. The summed E-state index contributed by atoms with van der Waals surface area (Å²) >= 11 is 6.08. The minimum absolute atomic E-state index is 0.128. The van der Waals surface area contributed by atoms with E-state index in [1.807, 2.05) is 18.2 Å². The van der Waals surface area contributed by atoms with E-state index in [4.69, 9.17) is 21.1 Å². The van der Waals surface area contributed by atoms with Gasteiger partial charge in [0.15, 0.2) is 6.79 Å². The summed E-state index contributed by atoms with van der Waals surface area (Å²) in [7, 11) is -1.21. The van der Waals surface area contributed by atoms with Gasteiger partial charge in [0.25, 0.3) is 0 Å². The van der Waals surface area contributed by atoms with Gasteiger partial charge in [-0.3, -0.25) is 4.21 Å². The average Bonchev–Trinajstić information content (AvgIpc) is 2.49. The Morgan fingerprint density at radius 3 is 2.77 bits per heavy atom. The summed E-state index contributed by atoms with van der Waals surface area (Å²) in [4.78, 5) is 0. The van der Waals surface area contributed by atoms with E-state index in [1.54, 1.807) is 6.07 Å². The molecule has 0 aliphatic carbocycles. The van der Waals surface area contributed by atoms with Gasteiger partial charge in [0.1, 0.15) is 11.6 Å². The largest absolute Gasteiger partial charge is 0.467 e. The molecule has 0 spiro atoms. The molecule has 116 valence electrons. The van der Waals surface area contributed by atoms with Crippen molar-refractivity contribution in [3.63, 3.8) is 0 Å². The lowest BCUT2D eigenvalue weighted by Crippen LogP contribution is -2.14. The second kappa shape index (κ2) is 6.77. The fraction of sp³-hybridized carbons (Fsp3) is 0.250. The molecule has 0 aromatic heterocycles. The molecule has 0 fully saturated rings. The predicted molar refractivity (Wildman–Crippen MR) is 83.7 cm³/mol. The highest BCUT2D eigenvalue weighted by Gasteiger charge is 2.18. The summed E-state index contributed by atoms with van der Waals surface area (Å²) in [5.74, 6) is 0.741. The number of rotatable bonds is 4. The fourth-order valence-electron chi connectivity index (χ4n) is 2.38. The van der Waals surface area contributed by atoms with Crippen molar-refractivity contribution >= 4 is 22.4 Å². The maximum Gasteiger partial charge on any atom is 0.189 e. The van der Waals surface area contributed by atoms with Crippen LogP contribution in [0.2, 0.25) is 5.02 Å². The number of hydrogen-bond donors (Lipinski definition) is 0. The standard InChI is InChI=1S/C16H14ClFO3S/c17-15-4-2-1-3-11(15)8-22(19)9-13-6-14(18)5-12-7-20-10-21-16(12)13/h1-6H,7-10H2/t22-/m0/s1. The molecule has 2 aromatic carbocycles. The first-order valence-corrected chi connectivity index (χ1v) is 8.60. The van der Waals surface area contributed by atoms with E-state index in [-0.39, 0.29) is 18.4 Å². The molecule has 0 radical (unpaired) electrons. The summed E-state index contributed by atoms with van der Waals surface area (Å²) in [5, 5.41) is 0.585. The van der Waals surface area contributed by atoms with Crippen LogP contribution >= 0.6 is 11.6 Å². The van der Waals surface area contributed by atoms with Gasteiger partial charge in [-0.15, -0.1) is 0 Å². The van der Waals surface area contributed by atoms with E-state index < -0.39 is 10.8 Å². The molecular formula is C16H14ClFO3S. The first-order valence-electron chi connectivity index (χ1n) is 6.73. The fourth-order valence-corrected chi connectivity index (χ4v) is 3.92. The lowest BCUT2D eigenvalue weighted by molar-refractivity contribution is -0.0171. The molecule has 1 atom stereocenters. The van der Waals surface area contributed by atoms with Crippen LogP contribution in [0.4, 0.5) is 4.39 Å². The van der Waals surface area contributed by atoms with Gasteiger partial charge in [-0.25, -0.2) is 4.39 Å². The molecular weight excluding hydrogens is 327 g/mol. The maximum absolute atomic E-state index is 13.7. The van der Waals surface area contributed by atoms with Crippen LogP contribution in [-0.4, -0.2) is 11.0 Å². The van der Waals surface area contributed by atoms with E-state index >= 15 is 0 Å². The quantitative estimate of drug-likeness (QED) is 0.849. The molecule has 6 heteroatoms. The molecule has 22 heavy (non-hydrogen) atoms. The third-order valence-corrected chi connectivity index (χ3v) is 4.98. The molecule has 3 rings (SSSR count). The zero-order valence-corrected chi connectivity index (χ0v) is 13.3. The predicted octanol–water partition coefficient (Wildman–Crippen LogP) is 3.79. The van der Waals surface area contributed by atoms with E-state index in [9.17, 15) is 8.60 Å². The van der Waals surface area contributed by atoms with Gasteiger partial charge in [-0.05, 0) is 23.8 Å². The molecule has 1 heterocycles. The Morgan fingerprint density at radius 2 is 1.95 bits per heavy atom. The number of hydrogen-bond acceptors (Lipinski definition) is 3. The van der Waals surface area contributed by atoms with Gasteiger partial charge in [-0.1, -0.05) is 29.8 Å². The van der Waals surface area contributed by atoms with Crippen molar-refractivity contribution in [1.29, 1.82) is 0 Å². The third kappa shape index (κ3) is 3.48. The van der Waals surface area contributed by atoms with Crippen molar-refractivity contribution in [2.45, 2.75) is 18.1 Å². The van der Waals surface area contributed by atoms with Gasteiger partial charge in [-0.2, -0.15) is 0 Å². The van der Waals surface area contributed by atoms with Crippen LogP contribution in [0.25, 0.3) is 0 Å². The molecule has 3 nitrogen and oxygen atoms in total. The van der Waals surface area contributed by atoms with Crippen molar-refractivity contribution in [1.82, 2.24) is 0 Å². The Labute approximate surface area is 135 Å². The maximum atomic E-state index is 13.7. The van der Waals surface area contributed by atoms with Crippen molar-refractivity contribution in [2.24, 2.45) is 0 Å². The first kappa shape index (κ1) is 15.5. The van der Waals surface area contributed by atoms with E-state index in [0.29, 0.717) is 34.3 Å². The lowest BCUT2D eigenvalue weighted by Gasteiger charge is -2.20. The van der Waals surface area contributed by atoms with Crippen molar-refractivity contribution in [2.75, 3.05) is 6.79 Å². The Balaban J connectivity index is 1.80. The Bertz CT molecular complexity index is 721. The molecule has 1 aliphatic rings. The Kier molecular flexibility index (Phi) is 4.76. The molecule has 0 saturated carbocycles. The average molecular weight is 341 g/mol. The Morgan fingerprint density at radius 1 is 1.18 bits per heavy atom. The molecule has 0 saturated heterocycles. The van der Waals surface area contributed by atoms with Gasteiger partial charge in [0.2, 0.25) is 0 Å². The number of benzene rings is 2. The summed E-state index contributed by atoms with van der Waals surface area (Å²) in [6.45, 7) is 0.431. The van der Waals surface area contributed by atoms with E-state index in [1.165, 1.54) is 12.1 Å². The topological polar surface area (TPSA) is 35.5 Å². The van der Waals surface area contributed by atoms with Crippen molar-refractivity contribution in [3.8, 4) is 5.75 Å². The molecule has 0 bridgehead atoms. The third-order valence-electron chi connectivity index (χ3n) is 3.34. The second-order valence-corrected chi connectivity index (χ2v) is 6.85. The van der Waals surface area contributed by atoms with Crippen LogP contribution < -0.4 is 4.74 Å². The zero-order chi connectivity index (χ0) is 15.5. The second-order valence-electron chi connectivity index (χ2n) is 4.98. The molecule has 1 aliphatic heterocycles. The Hall–Kier alpha value is -1.43. The number of ether oxygens (including phenoxy) is 2.